The summed E-state index contributed by atoms with van der Waals surface area (Å²) in [4.78, 5) is 14.5. The lowest BCUT2D eigenvalue weighted by Crippen LogP contribution is -2.48. The first-order chi connectivity index (χ1) is 10.3. The van der Waals surface area contributed by atoms with Crippen molar-refractivity contribution in [2.45, 2.75) is 46.6 Å². The number of ether oxygens (including phenoxy) is 1. The molecule has 1 unspecified atom stereocenters. The van der Waals surface area contributed by atoms with Crippen LogP contribution in [0.4, 0.5) is 5.69 Å². The first-order valence-corrected chi connectivity index (χ1v) is 8.02. The average molecular weight is 304 g/mol. The number of hydrogen-bond donors (Lipinski definition) is 1. The molecule has 1 amide bonds. The van der Waals surface area contributed by atoms with Gasteiger partial charge in [-0.3, -0.25) is 4.79 Å². The molecule has 1 heterocycles. The lowest BCUT2D eigenvalue weighted by molar-refractivity contribution is -0.140. The highest BCUT2D eigenvalue weighted by atomic mass is 16.5. The first-order valence-electron chi connectivity index (χ1n) is 8.02. The molecule has 22 heavy (non-hydrogen) atoms. The lowest BCUT2D eigenvalue weighted by Gasteiger charge is -2.37. The molecule has 1 saturated heterocycles. The molecule has 0 bridgehead atoms. The van der Waals surface area contributed by atoms with Crippen molar-refractivity contribution in [3.8, 4) is 5.75 Å². The Kier molecular flexibility index (Phi) is 4.99. The Bertz CT molecular complexity index is 534. The molecule has 1 fully saturated rings. The Morgan fingerprint density at radius 1 is 1.36 bits per heavy atom. The van der Waals surface area contributed by atoms with Crippen LogP contribution in [0.2, 0.25) is 0 Å². The monoisotopic (exact) mass is 304 g/mol. The summed E-state index contributed by atoms with van der Waals surface area (Å²) in [7, 11) is 1.69. The molecule has 1 aliphatic rings. The molecule has 1 atom stereocenters. The molecule has 4 heteroatoms. The second kappa shape index (κ2) is 6.59. The molecule has 0 radical (unpaired) electrons. The fourth-order valence-corrected chi connectivity index (χ4v) is 2.91. The SMILES string of the molecule is COc1ccc(C)cc1NC1CCCN(C(=O)C(C)(C)C)C1. The zero-order valence-electron chi connectivity index (χ0n) is 14.4. The summed E-state index contributed by atoms with van der Waals surface area (Å²) in [5.74, 6) is 1.08. The molecule has 1 N–H and O–H groups in total. The molecule has 0 spiro atoms. The highest BCUT2D eigenvalue weighted by Gasteiger charge is 2.31. The van der Waals surface area contributed by atoms with Gasteiger partial charge in [0.2, 0.25) is 5.91 Å². The van der Waals surface area contributed by atoms with Crippen LogP contribution in [0.3, 0.4) is 0 Å². The van der Waals surface area contributed by atoms with Gasteiger partial charge in [0.1, 0.15) is 5.75 Å². The van der Waals surface area contributed by atoms with Crippen molar-refractivity contribution < 1.29 is 9.53 Å². The molecular weight excluding hydrogens is 276 g/mol. The van der Waals surface area contributed by atoms with E-state index >= 15 is 0 Å². The molecule has 0 saturated carbocycles. The zero-order chi connectivity index (χ0) is 16.3. The maximum atomic E-state index is 12.5. The number of nitrogens with one attached hydrogen (secondary N) is 1. The first kappa shape index (κ1) is 16.7. The molecule has 1 aromatic rings. The van der Waals surface area contributed by atoms with Crippen molar-refractivity contribution in [1.82, 2.24) is 4.90 Å². The van der Waals surface area contributed by atoms with Crippen molar-refractivity contribution >= 4 is 11.6 Å². The lowest BCUT2D eigenvalue weighted by atomic mass is 9.93. The summed E-state index contributed by atoms with van der Waals surface area (Å²) in [5, 5.41) is 3.56. The van der Waals surface area contributed by atoms with E-state index in [4.69, 9.17) is 4.74 Å². The van der Waals surface area contributed by atoms with E-state index in [2.05, 4.69) is 18.3 Å². The molecule has 2 rings (SSSR count). The van der Waals surface area contributed by atoms with Crippen molar-refractivity contribution in [1.29, 1.82) is 0 Å². The van der Waals surface area contributed by atoms with Gasteiger partial charge in [0.05, 0.1) is 12.8 Å². The van der Waals surface area contributed by atoms with Crippen LogP contribution in [-0.2, 0) is 4.79 Å². The summed E-state index contributed by atoms with van der Waals surface area (Å²) in [5.41, 5.74) is 1.89. The summed E-state index contributed by atoms with van der Waals surface area (Å²) in [6, 6.07) is 6.40. The van der Waals surface area contributed by atoms with Gasteiger partial charge in [-0.1, -0.05) is 26.8 Å². The largest absolute Gasteiger partial charge is 0.495 e. The van der Waals surface area contributed by atoms with Crippen LogP contribution in [0.25, 0.3) is 0 Å². The minimum Gasteiger partial charge on any atom is -0.495 e. The Morgan fingerprint density at radius 3 is 2.73 bits per heavy atom. The number of carbonyl (C=O) groups is 1. The van der Waals surface area contributed by atoms with Crippen LogP contribution in [0.15, 0.2) is 18.2 Å². The maximum Gasteiger partial charge on any atom is 0.228 e. The Labute approximate surface area is 133 Å². The van der Waals surface area contributed by atoms with Crippen LogP contribution in [0.5, 0.6) is 5.75 Å². The van der Waals surface area contributed by atoms with Crippen LogP contribution in [-0.4, -0.2) is 37.0 Å². The van der Waals surface area contributed by atoms with Crippen LogP contribution in [0, 0.1) is 12.3 Å². The van der Waals surface area contributed by atoms with Crippen molar-refractivity contribution in [2.75, 3.05) is 25.5 Å². The number of amides is 1. The third-order valence-corrected chi connectivity index (χ3v) is 4.06. The number of piperidine rings is 1. The number of hydrogen-bond acceptors (Lipinski definition) is 3. The van der Waals surface area contributed by atoms with Gasteiger partial charge in [-0.2, -0.15) is 0 Å². The van der Waals surface area contributed by atoms with Gasteiger partial charge in [0.15, 0.2) is 0 Å². The summed E-state index contributed by atoms with van der Waals surface area (Å²) in [6.45, 7) is 9.63. The molecule has 122 valence electrons. The fourth-order valence-electron chi connectivity index (χ4n) is 2.91. The highest BCUT2D eigenvalue weighted by molar-refractivity contribution is 5.81. The van der Waals surface area contributed by atoms with E-state index in [-0.39, 0.29) is 17.4 Å². The summed E-state index contributed by atoms with van der Waals surface area (Å²) in [6.07, 6.45) is 2.11. The molecular formula is C18H28N2O2. The fraction of sp³-hybridized carbons (Fsp3) is 0.611. The molecule has 4 nitrogen and oxygen atoms in total. The number of rotatable bonds is 3. The van der Waals surface area contributed by atoms with E-state index in [1.807, 2.05) is 37.8 Å². The van der Waals surface area contributed by atoms with Crippen LogP contribution in [0.1, 0.15) is 39.2 Å². The van der Waals surface area contributed by atoms with Gasteiger partial charge in [-0.25, -0.2) is 0 Å². The van der Waals surface area contributed by atoms with Gasteiger partial charge in [-0.05, 0) is 37.5 Å². The minimum absolute atomic E-state index is 0.232. The minimum atomic E-state index is -0.317. The normalized spacial score (nSPS) is 19.0. The van der Waals surface area contributed by atoms with Crippen LogP contribution >= 0.6 is 0 Å². The van der Waals surface area contributed by atoms with E-state index in [1.165, 1.54) is 5.56 Å². The predicted molar refractivity (Wildman–Crippen MR) is 90.4 cm³/mol. The standard InChI is InChI=1S/C18H28N2O2/c1-13-8-9-16(22-5)15(11-13)19-14-7-6-10-20(12-14)17(21)18(2,3)4/h8-9,11,14,19H,6-7,10,12H2,1-5H3. The van der Waals surface area contributed by atoms with Gasteiger partial charge in [0.25, 0.3) is 0 Å². The van der Waals surface area contributed by atoms with Gasteiger partial charge in [0, 0.05) is 24.5 Å². The van der Waals surface area contributed by atoms with E-state index in [0.717, 1.165) is 37.4 Å². The number of methoxy groups -OCH3 is 1. The predicted octanol–water partition coefficient (Wildman–Crippen LogP) is 3.45. The van der Waals surface area contributed by atoms with E-state index in [0.29, 0.717) is 0 Å². The Hall–Kier alpha value is -1.71. The van der Waals surface area contributed by atoms with E-state index in [9.17, 15) is 4.79 Å². The summed E-state index contributed by atoms with van der Waals surface area (Å²) >= 11 is 0. The molecule has 1 aromatic carbocycles. The maximum absolute atomic E-state index is 12.5. The van der Waals surface area contributed by atoms with Crippen molar-refractivity contribution in [3.63, 3.8) is 0 Å². The Morgan fingerprint density at radius 2 is 2.09 bits per heavy atom. The second-order valence-electron chi connectivity index (χ2n) is 7.19. The van der Waals surface area contributed by atoms with E-state index in [1.54, 1.807) is 7.11 Å². The van der Waals surface area contributed by atoms with E-state index < -0.39 is 0 Å². The second-order valence-corrected chi connectivity index (χ2v) is 7.19. The van der Waals surface area contributed by atoms with Gasteiger partial charge < -0.3 is 15.0 Å². The number of anilines is 1. The number of carbonyl (C=O) groups excluding carboxylic acids is 1. The quantitative estimate of drug-likeness (QED) is 0.930. The molecule has 0 aliphatic carbocycles. The van der Waals surface area contributed by atoms with Crippen molar-refractivity contribution in [2.24, 2.45) is 5.41 Å². The summed E-state index contributed by atoms with van der Waals surface area (Å²) < 4.78 is 5.43. The third-order valence-electron chi connectivity index (χ3n) is 4.06. The third kappa shape index (κ3) is 3.93. The number of benzene rings is 1. The topological polar surface area (TPSA) is 41.6 Å². The smallest absolute Gasteiger partial charge is 0.228 e. The number of aryl methyl sites for hydroxylation is 1. The number of likely N-dealkylation sites (tertiary alicyclic amines) is 1. The average Bonchev–Trinajstić information content (AvgIpc) is 2.46. The molecule has 1 aliphatic heterocycles. The van der Waals surface area contributed by atoms with Crippen molar-refractivity contribution in [3.05, 3.63) is 23.8 Å². The molecule has 0 aromatic heterocycles. The van der Waals surface area contributed by atoms with Gasteiger partial charge in [-0.15, -0.1) is 0 Å². The van der Waals surface area contributed by atoms with Crippen LogP contribution < -0.4 is 10.1 Å². The highest BCUT2D eigenvalue weighted by Crippen LogP contribution is 2.28. The van der Waals surface area contributed by atoms with Gasteiger partial charge >= 0.3 is 0 Å². The Balaban J connectivity index is 2.08. The number of nitrogens with zero attached hydrogens (tertiary/aromatic N) is 1. The zero-order valence-corrected chi connectivity index (χ0v) is 14.4.